The van der Waals surface area contributed by atoms with Gasteiger partial charge in [-0.2, -0.15) is 0 Å². The second-order valence-electron chi connectivity index (χ2n) is 6.83. The molecule has 0 fully saturated rings. The molecule has 0 unspecified atom stereocenters. The van der Waals surface area contributed by atoms with Crippen LogP contribution < -0.4 is 5.32 Å². The Morgan fingerprint density at radius 2 is 1.91 bits per heavy atom. The van der Waals surface area contributed by atoms with Crippen LogP contribution in [-0.4, -0.2) is 57.3 Å². The summed E-state index contributed by atoms with van der Waals surface area (Å²) in [4.78, 5) is 39.2. The molecular weight excluding hydrogens is 480 g/mol. The largest absolute Gasteiger partial charge is 0.465 e. The number of hydrogen-bond donors (Lipinski definition) is 1. The molecule has 0 saturated carbocycles. The van der Waals surface area contributed by atoms with Gasteiger partial charge in [-0.05, 0) is 43.2 Å². The van der Waals surface area contributed by atoms with Crippen molar-refractivity contribution in [3.05, 3.63) is 45.3 Å². The minimum absolute atomic E-state index is 0.0409. The number of thiophene rings is 1. The van der Waals surface area contributed by atoms with Crippen LogP contribution in [0, 0.1) is 0 Å². The number of rotatable bonds is 6. The summed E-state index contributed by atoms with van der Waals surface area (Å²) in [7, 11) is -2.70. The number of carbonyl (C=O) groups is 3. The highest BCUT2D eigenvalue weighted by Crippen LogP contribution is 2.38. The average molecular weight is 501 g/mol. The number of ether oxygens (including phenoxy) is 2. The first-order valence-corrected chi connectivity index (χ1v) is 12.4. The van der Waals surface area contributed by atoms with Crippen LogP contribution in [-0.2, 0) is 37.1 Å². The predicted octanol–water partition coefficient (Wildman–Crippen LogP) is 3.12. The molecule has 9 nitrogen and oxygen atoms in total. The van der Waals surface area contributed by atoms with Crippen molar-refractivity contribution in [2.75, 3.05) is 31.3 Å². The van der Waals surface area contributed by atoms with Crippen LogP contribution >= 0.6 is 22.9 Å². The SMILES string of the molecule is CCOC(=O)N1CCc2c(sc(NC(=O)CS(=O)(=O)c3ccc(Cl)cc3)c2C(=O)OC)C1. The third kappa shape index (κ3) is 5.22. The number of halogens is 1. The van der Waals surface area contributed by atoms with Crippen molar-refractivity contribution in [3.63, 3.8) is 0 Å². The normalized spacial score (nSPS) is 13.3. The van der Waals surface area contributed by atoms with Gasteiger partial charge in [-0.1, -0.05) is 11.6 Å². The van der Waals surface area contributed by atoms with Crippen molar-refractivity contribution in [2.24, 2.45) is 0 Å². The highest BCUT2D eigenvalue weighted by atomic mass is 35.5. The van der Waals surface area contributed by atoms with E-state index in [1.54, 1.807) is 6.92 Å². The molecule has 1 aromatic carbocycles. The number of carbonyl (C=O) groups excluding carboxylic acids is 3. The molecule has 0 radical (unpaired) electrons. The average Bonchev–Trinajstić information content (AvgIpc) is 3.09. The van der Waals surface area contributed by atoms with Crippen LogP contribution in [0.2, 0.25) is 5.02 Å². The Hall–Kier alpha value is -2.63. The molecule has 0 saturated heterocycles. The zero-order valence-electron chi connectivity index (χ0n) is 17.3. The summed E-state index contributed by atoms with van der Waals surface area (Å²) in [6, 6.07) is 5.48. The third-order valence-electron chi connectivity index (χ3n) is 4.72. The highest BCUT2D eigenvalue weighted by Gasteiger charge is 2.32. The first-order chi connectivity index (χ1) is 15.2. The topological polar surface area (TPSA) is 119 Å². The van der Waals surface area contributed by atoms with E-state index >= 15 is 0 Å². The zero-order chi connectivity index (χ0) is 23.5. The Labute approximate surface area is 194 Å². The van der Waals surface area contributed by atoms with Crippen molar-refractivity contribution in [2.45, 2.75) is 24.8 Å². The number of hydrogen-bond acceptors (Lipinski definition) is 8. The van der Waals surface area contributed by atoms with Gasteiger partial charge in [-0.15, -0.1) is 11.3 Å². The number of methoxy groups -OCH3 is 1. The fourth-order valence-electron chi connectivity index (χ4n) is 3.24. The summed E-state index contributed by atoms with van der Waals surface area (Å²) in [6.07, 6.45) is -0.0978. The lowest BCUT2D eigenvalue weighted by atomic mass is 10.0. The molecular formula is C20H21ClN2O7S2. The number of anilines is 1. The summed E-state index contributed by atoms with van der Waals surface area (Å²) >= 11 is 6.89. The molecule has 0 spiro atoms. The monoisotopic (exact) mass is 500 g/mol. The van der Waals surface area contributed by atoms with Gasteiger partial charge in [0.05, 0.1) is 30.7 Å². The number of amides is 2. The second kappa shape index (κ2) is 9.88. The van der Waals surface area contributed by atoms with E-state index in [0.29, 0.717) is 28.4 Å². The van der Waals surface area contributed by atoms with Crippen molar-refractivity contribution < 1.29 is 32.3 Å². The first kappa shape index (κ1) is 24.0. The molecule has 3 rings (SSSR count). The highest BCUT2D eigenvalue weighted by molar-refractivity contribution is 7.92. The van der Waals surface area contributed by atoms with Gasteiger partial charge < -0.3 is 19.7 Å². The number of nitrogens with one attached hydrogen (secondary N) is 1. The molecule has 0 aliphatic carbocycles. The number of fused-ring (bicyclic) bond motifs is 1. The quantitative estimate of drug-likeness (QED) is 0.605. The maximum atomic E-state index is 12.6. The first-order valence-electron chi connectivity index (χ1n) is 9.59. The molecule has 2 amide bonds. The van der Waals surface area contributed by atoms with E-state index in [9.17, 15) is 22.8 Å². The second-order valence-corrected chi connectivity index (χ2v) is 10.4. The van der Waals surface area contributed by atoms with Gasteiger partial charge in [0.25, 0.3) is 0 Å². The Kier molecular flexibility index (Phi) is 7.42. The van der Waals surface area contributed by atoms with Gasteiger partial charge in [0.15, 0.2) is 9.84 Å². The zero-order valence-corrected chi connectivity index (χ0v) is 19.7. The summed E-state index contributed by atoms with van der Waals surface area (Å²) < 4.78 is 35.0. The molecule has 1 N–H and O–H groups in total. The van der Waals surface area contributed by atoms with Gasteiger partial charge in [0.2, 0.25) is 5.91 Å². The summed E-state index contributed by atoms with van der Waals surface area (Å²) in [6.45, 7) is 2.50. The van der Waals surface area contributed by atoms with Gasteiger partial charge in [0.1, 0.15) is 10.8 Å². The Bertz CT molecular complexity index is 1140. The molecule has 0 atom stereocenters. The van der Waals surface area contributed by atoms with Crippen molar-refractivity contribution in [3.8, 4) is 0 Å². The van der Waals surface area contributed by atoms with E-state index in [1.165, 1.54) is 36.3 Å². The van der Waals surface area contributed by atoms with Crippen LogP contribution in [0.15, 0.2) is 29.2 Å². The molecule has 1 aromatic heterocycles. The molecule has 172 valence electrons. The molecule has 32 heavy (non-hydrogen) atoms. The van der Waals surface area contributed by atoms with E-state index in [2.05, 4.69) is 5.32 Å². The molecule has 12 heteroatoms. The van der Waals surface area contributed by atoms with Crippen LogP contribution in [0.4, 0.5) is 9.80 Å². The smallest absolute Gasteiger partial charge is 0.410 e. The predicted molar refractivity (Wildman–Crippen MR) is 119 cm³/mol. The van der Waals surface area contributed by atoms with Crippen molar-refractivity contribution in [1.29, 1.82) is 0 Å². The Morgan fingerprint density at radius 1 is 1.22 bits per heavy atom. The molecule has 2 heterocycles. The van der Waals surface area contributed by atoms with Gasteiger partial charge in [-0.25, -0.2) is 18.0 Å². The fourth-order valence-corrected chi connectivity index (χ4v) is 5.77. The van der Waals surface area contributed by atoms with Crippen LogP contribution in [0.1, 0.15) is 27.7 Å². The maximum absolute atomic E-state index is 12.6. The fraction of sp³-hybridized carbons (Fsp3) is 0.350. The number of benzene rings is 1. The summed E-state index contributed by atoms with van der Waals surface area (Å²) in [5.74, 6) is -2.26. The van der Waals surface area contributed by atoms with Crippen LogP contribution in [0.5, 0.6) is 0 Å². The molecule has 0 bridgehead atoms. The minimum atomic E-state index is -3.92. The lowest BCUT2D eigenvalue weighted by molar-refractivity contribution is -0.113. The molecule has 2 aromatic rings. The van der Waals surface area contributed by atoms with E-state index in [-0.39, 0.29) is 28.6 Å². The number of nitrogens with zero attached hydrogens (tertiary/aromatic N) is 1. The number of sulfone groups is 1. The summed E-state index contributed by atoms with van der Waals surface area (Å²) in [5.41, 5.74) is 0.839. The lowest BCUT2D eigenvalue weighted by Gasteiger charge is -2.26. The van der Waals surface area contributed by atoms with Gasteiger partial charge in [-0.3, -0.25) is 4.79 Å². The van der Waals surface area contributed by atoms with Crippen LogP contribution in [0.25, 0.3) is 0 Å². The standard InChI is InChI=1S/C20H21ClN2O7S2/c1-3-30-20(26)23-9-8-14-15(10-23)31-18(17(14)19(25)29-2)22-16(24)11-32(27,28)13-6-4-12(21)5-7-13/h4-7H,3,8-11H2,1-2H3,(H,22,24). The lowest BCUT2D eigenvalue weighted by Crippen LogP contribution is -2.36. The van der Waals surface area contributed by atoms with E-state index < -0.39 is 33.6 Å². The van der Waals surface area contributed by atoms with Crippen molar-refractivity contribution in [1.82, 2.24) is 4.90 Å². The molecule has 1 aliphatic heterocycles. The number of esters is 1. The summed E-state index contributed by atoms with van der Waals surface area (Å²) in [5, 5.41) is 3.08. The third-order valence-corrected chi connectivity index (χ3v) is 7.74. The van der Waals surface area contributed by atoms with Gasteiger partial charge >= 0.3 is 12.1 Å². The van der Waals surface area contributed by atoms with E-state index in [0.717, 1.165) is 11.3 Å². The van der Waals surface area contributed by atoms with Crippen molar-refractivity contribution >= 4 is 55.7 Å². The Morgan fingerprint density at radius 3 is 2.53 bits per heavy atom. The van der Waals surface area contributed by atoms with E-state index in [1.807, 2.05) is 0 Å². The van der Waals surface area contributed by atoms with Gasteiger partial charge in [0, 0.05) is 16.4 Å². The molecule has 1 aliphatic rings. The minimum Gasteiger partial charge on any atom is -0.465 e. The maximum Gasteiger partial charge on any atom is 0.410 e. The van der Waals surface area contributed by atoms with Crippen LogP contribution in [0.3, 0.4) is 0 Å². The van der Waals surface area contributed by atoms with E-state index in [4.69, 9.17) is 21.1 Å². The Balaban J connectivity index is 1.83.